The Kier molecular flexibility index (Phi) is 12.1. The second kappa shape index (κ2) is 15.6. The molecule has 5 aromatic rings. The fourth-order valence-electron chi connectivity index (χ4n) is 2.24. The van der Waals surface area contributed by atoms with E-state index in [1.807, 2.05) is 72.8 Å². The largest absolute Gasteiger partial charge is 0.467 e. The molecule has 0 spiro atoms. The van der Waals surface area contributed by atoms with Crippen LogP contribution in [0, 0.1) is 6.33 Å². The van der Waals surface area contributed by atoms with Gasteiger partial charge in [0.2, 0.25) is 0 Å². The molecule has 5 rings (SSSR count). The molecule has 5 heterocycles. The Morgan fingerprint density at radius 3 is 1.06 bits per heavy atom. The number of aromatic amines is 1. The topological polar surface area (TPSA) is 80.2 Å². The Labute approximate surface area is 195 Å². The van der Waals surface area contributed by atoms with E-state index in [1.165, 1.54) is 17.6 Å². The molecular weight excluding hydrogens is 586 g/mol. The molecular formula is C23H19ClN6Os-. The number of nitrogens with one attached hydrogen (secondary N) is 1. The van der Waals surface area contributed by atoms with Crippen molar-refractivity contribution in [2.24, 2.45) is 0 Å². The maximum absolute atomic E-state index is 4.67. The molecule has 0 aromatic carbocycles. The number of H-pyrrole nitrogens is 1. The third-order valence-electron chi connectivity index (χ3n) is 3.55. The van der Waals surface area contributed by atoms with Gasteiger partial charge in [0.05, 0.1) is 22.8 Å². The van der Waals surface area contributed by atoms with Gasteiger partial charge >= 0.3 is 27.2 Å². The molecule has 31 heavy (non-hydrogen) atoms. The number of nitrogens with zero attached hydrogens (tertiary/aromatic N) is 5. The van der Waals surface area contributed by atoms with E-state index in [0.29, 0.717) is 0 Å². The Morgan fingerprint density at radius 2 is 0.903 bits per heavy atom. The first-order valence-corrected chi connectivity index (χ1v) is 12.2. The summed E-state index contributed by atoms with van der Waals surface area (Å²) < 4.78 is 0. The fraction of sp³-hybridized carbons (Fsp3) is 0. The fourth-order valence-corrected chi connectivity index (χ4v) is 2.24. The van der Waals surface area contributed by atoms with Crippen molar-refractivity contribution in [2.45, 2.75) is 0 Å². The molecule has 0 fully saturated rings. The van der Waals surface area contributed by atoms with Crippen LogP contribution in [0.15, 0.2) is 110 Å². The van der Waals surface area contributed by atoms with Crippen molar-refractivity contribution in [1.29, 1.82) is 0 Å². The third-order valence-corrected chi connectivity index (χ3v) is 3.55. The minimum absolute atomic E-state index is 0.915. The van der Waals surface area contributed by atoms with Gasteiger partial charge in [-0.1, -0.05) is 24.3 Å². The number of halogens is 1. The van der Waals surface area contributed by atoms with Crippen molar-refractivity contribution in [1.82, 2.24) is 29.9 Å². The monoisotopic (exact) mass is 606 g/mol. The number of rotatable bonds is 2. The molecule has 157 valence electrons. The van der Waals surface area contributed by atoms with Crippen molar-refractivity contribution in [3.63, 3.8) is 0 Å². The van der Waals surface area contributed by atoms with Gasteiger partial charge in [0, 0.05) is 24.8 Å². The number of hydrogen-bond donors (Lipinski definition) is 1. The van der Waals surface area contributed by atoms with Gasteiger partial charge in [-0.25, -0.2) is 0 Å². The molecule has 1 N–H and O–H groups in total. The average molecular weight is 605 g/mol. The van der Waals surface area contributed by atoms with Crippen LogP contribution in [0.4, 0.5) is 0 Å². The van der Waals surface area contributed by atoms with Crippen molar-refractivity contribution < 1.29 is 17.6 Å². The van der Waals surface area contributed by atoms with Gasteiger partial charge in [0.1, 0.15) is 0 Å². The van der Waals surface area contributed by atoms with Crippen LogP contribution >= 0.6 is 9.64 Å². The van der Waals surface area contributed by atoms with Gasteiger partial charge in [0.25, 0.3) is 0 Å². The van der Waals surface area contributed by atoms with Crippen molar-refractivity contribution >= 4 is 9.64 Å². The summed E-state index contributed by atoms with van der Waals surface area (Å²) in [5.41, 5.74) is 3.66. The Morgan fingerprint density at radius 1 is 0.548 bits per heavy atom. The predicted octanol–water partition coefficient (Wildman–Crippen LogP) is 5.18. The van der Waals surface area contributed by atoms with Crippen molar-refractivity contribution in [3.8, 4) is 22.8 Å². The van der Waals surface area contributed by atoms with Crippen LogP contribution in [0.1, 0.15) is 0 Å². The van der Waals surface area contributed by atoms with Crippen LogP contribution in [0.2, 0.25) is 0 Å². The van der Waals surface area contributed by atoms with Crippen LogP contribution in [0.25, 0.3) is 22.8 Å². The summed E-state index contributed by atoms with van der Waals surface area (Å²) >= 11 is 1.33. The van der Waals surface area contributed by atoms with Crippen molar-refractivity contribution in [2.75, 3.05) is 0 Å². The number of hydrogen-bond acceptors (Lipinski definition) is 5. The molecule has 0 amide bonds. The van der Waals surface area contributed by atoms with Crippen molar-refractivity contribution in [3.05, 3.63) is 116 Å². The summed E-state index contributed by atoms with van der Waals surface area (Å²) in [5.74, 6) is 0. The van der Waals surface area contributed by atoms with Gasteiger partial charge in [-0.3, -0.25) is 19.9 Å². The quantitative estimate of drug-likeness (QED) is 0.281. The molecule has 0 bridgehead atoms. The van der Waals surface area contributed by atoms with Crippen LogP contribution in [0.5, 0.6) is 0 Å². The zero-order chi connectivity index (χ0) is 22.0. The average Bonchev–Trinajstić information content (AvgIpc) is 3.48. The minimum atomic E-state index is 0.915. The maximum atomic E-state index is 4.67. The second-order valence-electron chi connectivity index (χ2n) is 5.56. The number of pyridine rings is 4. The molecule has 0 saturated heterocycles. The van der Waals surface area contributed by atoms with Crippen LogP contribution in [0.3, 0.4) is 0 Å². The summed E-state index contributed by atoms with van der Waals surface area (Å²) in [6.07, 6.45) is 12.9. The Balaban J connectivity index is 0.000000170. The maximum Gasteiger partial charge on any atom is 0.0886 e. The summed E-state index contributed by atoms with van der Waals surface area (Å²) in [5, 5.41) is 0. The van der Waals surface area contributed by atoms with Gasteiger partial charge in [-0.05, 0) is 54.9 Å². The second-order valence-corrected chi connectivity index (χ2v) is 5.56. The predicted molar refractivity (Wildman–Crippen MR) is 118 cm³/mol. The summed E-state index contributed by atoms with van der Waals surface area (Å²) in [4.78, 5) is 22.9. The van der Waals surface area contributed by atoms with Gasteiger partial charge < -0.3 is 9.97 Å². The molecule has 0 saturated carbocycles. The third kappa shape index (κ3) is 9.39. The molecule has 0 atom stereocenters. The van der Waals surface area contributed by atoms with E-state index in [2.05, 4.69) is 45.9 Å². The first-order valence-electron chi connectivity index (χ1n) is 9.07. The standard InChI is InChI=1S/2C10H8N2.C3H3N2.ClH.Os/c2*1-3-7-11-9(5-1)10-6-2-4-8-12-10;1-2-5-3-4-1;;/h2*1-8H;1-2H,(H,4,5);1H;/q;;-1;;+1/p-1. The smallest absolute Gasteiger partial charge is 0.0886 e. The van der Waals surface area contributed by atoms with Crippen LogP contribution < -0.4 is 0 Å². The number of aromatic nitrogens is 6. The molecule has 6 nitrogen and oxygen atoms in total. The van der Waals surface area contributed by atoms with E-state index >= 15 is 0 Å². The van der Waals surface area contributed by atoms with E-state index in [1.54, 1.807) is 37.2 Å². The summed E-state index contributed by atoms with van der Waals surface area (Å²) in [7, 11) is 4.67. The molecule has 0 radical (unpaired) electrons. The van der Waals surface area contributed by atoms with Crippen LogP contribution in [-0.4, -0.2) is 29.9 Å². The molecule has 8 heteroatoms. The van der Waals surface area contributed by atoms with Gasteiger partial charge in [-0.15, -0.1) is 12.4 Å². The molecule has 5 aromatic heterocycles. The van der Waals surface area contributed by atoms with E-state index < -0.39 is 0 Å². The van der Waals surface area contributed by atoms with Gasteiger partial charge in [0.15, 0.2) is 0 Å². The van der Waals surface area contributed by atoms with Crippen LogP contribution in [-0.2, 0) is 17.6 Å². The first kappa shape index (κ1) is 24.0. The molecule has 0 aliphatic heterocycles. The Bertz CT molecular complexity index is 867. The SMILES string of the molecule is [Cl][Os].[c-]1ncc[nH]1.c1ccc(-c2ccccn2)nc1.c1ccc(-c2ccccn2)nc1. The zero-order valence-electron chi connectivity index (χ0n) is 16.4. The van der Waals surface area contributed by atoms with E-state index in [0.717, 1.165) is 22.8 Å². The minimum Gasteiger partial charge on any atom is -0.467 e. The van der Waals surface area contributed by atoms with E-state index in [4.69, 9.17) is 0 Å². The first-order chi connectivity index (χ1) is 15.4. The summed E-state index contributed by atoms with van der Waals surface area (Å²) in [6, 6.07) is 23.2. The number of imidazole rings is 1. The molecule has 0 aliphatic carbocycles. The van der Waals surface area contributed by atoms with Gasteiger partial charge in [-0.2, -0.15) is 0 Å². The Hall–Kier alpha value is -3.26. The normalized spacial score (nSPS) is 8.97. The molecule has 0 unspecified atom stereocenters. The van der Waals surface area contributed by atoms with E-state index in [-0.39, 0.29) is 0 Å². The molecule has 0 aliphatic rings. The van der Waals surface area contributed by atoms with E-state index in [9.17, 15) is 0 Å². The summed E-state index contributed by atoms with van der Waals surface area (Å²) in [6.45, 7) is 0. The zero-order valence-corrected chi connectivity index (χ0v) is 19.7.